The maximum absolute atomic E-state index is 12.1. The number of H-pyrrole nitrogens is 1. The van der Waals surface area contributed by atoms with Crippen LogP contribution in [0.1, 0.15) is 11.1 Å². The lowest BCUT2D eigenvalue weighted by Crippen LogP contribution is -2.48. The van der Waals surface area contributed by atoms with E-state index >= 15 is 0 Å². The lowest BCUT2D eigenvalue weighted by Gasteiger charge is -2.15. The van der Waals surface area contributed by atoms with Gasteiger partial charge in [0.15, 0.2) is 0 Å². The number of amides is 3. The smallest absolute Gasteiger partial charge is 0.326 e. The lowest BCUT2D eigenvalue weighted by molar-refractivity contribution is -0.139. The third kappa shape index (κ3) is 5.13. The Morgan fingerprint density at radius 3 is 2.55 bits per heavy atom. The highest BCUT2D eigenvalue weighted by Crippen LogP contribution is 2.19. The summed E-state index contributed by atoms with van der Waals surface area (Å²) in [5.74, 6) is -1.56. The van der Waals surface area contributed by atoms with E-state index in [2.05, 4.69) is 20.9 Å². The Morgan fingerprint density at radius 2 is 1.79 bits per heavy atom. The van der Waals surface area contributed by atoms with Gasteiger partial charge in [0.1, 0.15) is 6.04 Å². The Labute approximate surface area is 167 Å². The number of rotatable bonds is 7. The lowest BCUT2D eigenvalue weighted by atomic mass is 10.1. The molecule has 1 aromatic heterocycles. The van der Waals surface area contributed by atoms with Crippen molar-refractivity contribution in [3.05, 3.63) is 65.9 Å². The number of carbonyl (C=O) groups is 3. The van der Waals surface area contributed by atoms with E-state index in [0.29, 0.717) is 5.69 Å². The Kier molecular flexibility index (Phi) is 6.13. The summed E-state index contributed by atoms with van der Waals surface area (Å²) in [5, 5.41) is 17.9. The molecule has 0 aliphatic carbocycles. The molecule has 0 radical (unpaired) electrons. The molecule has 0 bridgehead atoms. The van der Waals surface area contributed by atoms with E-state index in [0.717, 1.165) is 22.0 Å². The highest BCUT2D eigenvalue weighted by Gasteiger charge is 2.22. The molecule has 1 atom stereocenters. The maximum atomic E-state index is 12.1. The van der Waals surface area contributed by atoms with Crippen LogP contribution in [0.25, 0.3) is 10.9 Å². The van der Waals surface area contributed by atoms with Crippen LogP contribution in [0.15, 0.2) is 54.7 Å². The second-order valence-corrected chi connectivity index (χ2v) is 6.64. The van der Waals surface area contributed by atoms with Crippen LogP contribution < -0.4 is 16.0 Å². The maximum Gasteiger partial charge on any atom is 0.326 e. The summed E-state index contributed by atoms with van der Waals surface area (Å²) in [7, 11) is 0. The van der Waals surface area contributed by atoms with Gasteiger partial charge >= 0.3 is 12.0 Å². The summed E-state index contributed by atoms with van der Waals surface area (Å²) in [6.45, 7) is 1.58. The molecule has 1 heterocycles. The van der Waals surface area contributed by atoms with Gasteiger partial charge in [-0.25, -0.2) is 9.59 Å². The van der Waals surface area contributed by atoms with Crippen molar-refractivity contribution in [1.29, 1.82) is 0 Å². The van der Waals surface area contributed by atoms with Gasteiger partial charge in [-0.3, -0.25) is 4.79 Å². The van der Waals surface area contributed by atoms with Crippen molar-refractivity contribution in [3.8, 4) is 0 Å². The molecule has 3 rings (SSSR count). The molecular formula is C21H22N4O4. The number of carboxylic acids is 1. The van der Waals surface area contributed by atoms with Crippen LogP contribution in [-0.2, 0) is 16.0 Å². The molecule has 3 amide bonds. The molecule has 8 nitrogen and oxygen atoms in total. The van der Waals surface area contributed by atoms with Gasteiger partial charge in [0.05, 0.1) is 6.54 Å². The first-order chi connectivity index (χ1) is 13.9. The van der Waals surface area contributed by atoms with Gasteiger partial charge < -0.3 is 26.0 Å². The summed E-state index contributed by atoms with van der Waals surface area (Å²) in [6.07, 6.45) is 1.85. The highest BCUT2D eigenvalue weighted by molar-refractivity contribution is 5.95. The van der Waals surface area contributed by atoms with Gasteiger partial charge in [-0.2, -0.15) is 0 Å². The van der Waals surface area contributed by atoms with Crippen molar-refractivity contribution in [2.75, 3.05) is 11.9 Å². The summed E-state index contributed by atoms with van der Waals surface area (Å²) < 4.78 is 0. The fourth-order valence-corrected chi connectivity index (χ4v) is 3.00. The summed E-state index contributed by atoms with van der Waals surface area (Å²) in [6, 6.07) is 12.9. The number of hydrogen-bond acceptors (Lipinski definition) is 3. The Hall–Kier alpha value is -3.81. The van der Waals surface area contributed by atoms with E-state index in [1.165, 1.54) is 0 Å². The zero-order chi connectivity index (χ0) is 20.8. The van der Waals surface area contributed by atoms with E-state index in [1.54, 1.807) is 18.3 Å². The average molecular weight is 394 g/mol. The summed E-state index contributed by atoms with van der Waals surface area (Å²) in [4.78, 5) is 38.8. The predicted octanol–water partition coefficient (Wildman–Crippen LogP) is 2.41. The molecule has 0 saturated heterocycles. The topological polar surface area (TPSA) is 123 Å². The van der Waals surface area contributed by atoms with Crippen molar-refractivity contribution in [3.63, 3.8) is 0 Å². The Morgan fingerprint density at radius 1 is 1.07 bits per heavy atom. The van der Waals surface area contributed by atoms with Crippen molar-refractivity contribution < 1.29 is 19.5 Å². The minimum absolute atomic E-state index is 0.113. The standard InChI is InChI=1S/C21H22N4O4/c1-13-6-2-4-8-16(13)24-19(26)12-23-21(29)25-18(20(27)28)10-14-11-22-17-9-5-3-7-15(14)17/h2-9,11,18,22H,10,12H2,1H3,(H,24,26)(H,27,28)(H2,23,25,29). The average Bonchev–Trinajstić information content (AvgIpc) is 3.10. The van der Waals surface area contributed by atoms with Gasteiger partial charge in [0, 0.05) is 29.2 Å². The number of nitrogens with one attached hydrogen (secondary N) is 4. The number of urea groups is 1. The second kappa shape index (κ2) is 8.92. The third-order valence-electron chi connectivity index (χ3n) is 4.53. The first kappa shape index (κ1) is 19.9. The van der Waals surface area contributed by atoms with E-state index in [1.807, 2.05) is 43.3 Å². The number of anilines is 1. The zero-order valence-electron chi connectivity index (χ0n) is 15.9. The number of aromatic nitrogens is 1. The first-order valence-corrected chi connectivity index (χ1v) is 9.11. The number of para-hydroxylation sites is 2. The minimum atomic E-state index is -1.16. The fraction of sp³-hybridized carbons (Fsp3) is 0.190. The van der Waals surface area contributed by atoms with Crippen LogP contribution in [0, 0.1) is 6.92 Å². The summed E-state index contributed by atoms with van der Waals surface area (Å²) >= 11 is 0. The Balaban J connectivity index is 1.55. The number of benzene rings is 2. The normalized spacial score (nSPS) is 11.6. The van der Waals surface area contributed by atoms with Crippen LogP contribution in [0.2, 0.25) is 0 Å². The molecule has 5 N–H and O–H groups in total. The van der Waals surface area contributed by atoms with Crippen LogP contribution in [0.4, 0.5) is 10.5 Å². The van der Waals surface area contributed by atoms with Crippen molar-refractivity contribution in [1.82, 2.24) is 15.6 Å². The van der Waals surface area contributed by atoms with Crippen LogP contribution in [0.5, 0.6) is 0 Å². The van der Waals surface area contributed by atoms with E-state index in [9.17, 15) is 19.5 Å². The zero-order valence-corrected chi connectivity index (χ0v) is 15.9. The molecule has 0 spiro atoms. The SMILES string of the molecule is Cc1ccccc1NC(=O)CNC(=O)NC(Cc1c[nH]c2ccccc12)C(=O)O. The second-order valence-electron chi connectivity index (χ2n) is 6.64. The van der Waals surface area contributed by atoms with Crippen LogP contribution in [-0.4, -0.2) is 40.6 Å². The molecule has 29 heavy (non-hydrogen) atoms. The van der Waals surface area contributed by atoms with Gasteiger partial charge in [-0.05, 0) is 30.2 Å². The van der Waals surface area contributed by atoms with Gasteiger partial charge in [-0.15, -0.1) is 0 Å². The van der Waals surface area contributed by atoms with Crippen molar-refractivity contribution in [2.45, 2.75) is 19.4 Å². The van der Waals surface area contributed by atoms with Gasteiger partial charge in [0.25, 0.3) is 0 Å². The van der Waals surface area contributed by atoms with Crippen LogP contribution >= 0.6 is 0 Å². The number of aryl methyl sites for hydroxylation is 1. The minimum Gasteiger partial charge on any atom is -0.480 e. The molecule has 1 unspecified atom stereocenters. The highest BCUT2D eigenvalue weighted by atomic mass is 16.4. The molecular weight excluding hydrogens is 372 g/mol. The molecule has 3 aromatic rings. The number of carbonyl (C=O) groups excluding carboxylic acids is 2. The number of carboxylic acid groups (broad SMARTS) is 1. The quantitative estimate of drug-likeness (QED) is 0.422. The van der Waals surface area contributed by atoms with Crippen molar-refractivity contribution in [2.24, 2.45) is 0 Å². The van der Waals surface area contributed by atoms with Gasteiger partial charge in [0.2, 0.25) is 5.91 Å². The fourth-order valence-electron chi connectivity index (χ4n) is 3.00. The molecule has 0 aliphatic heterocycles. The molecule has 0 fully saturated rings. The first-order valence-electron chi connectivity index (χ1n) is 9.11. The van der Waals surface area contributed by atoms with E-state index < -0.39 is 23.9 Å². The largest absolute Gasteiger partial charge is 0.480 e. The van der Waals surface area contributed by atoms with Crippen molar-refractivity contribution >= 4 is 34.5 Å². The molecule has 150 valence electrons. The monoisotopic (exact) mass is 394 g/mol. The van der Waals surface area contributed by atoms with Crippen LogP contribution in [0.3, 0.4) is 0 Å². The van der Waals surface area contributed by atoms with E-state index in [4.69, 9.17) is 0 Å². The van der Waals surface area contributed by atoms with E-state index in [-0.39, 0.29) is 13.0 Å². The van der Waals surface area contributed by atoms with Gasteiger partial charge in [-0.1, -0.05) is 36.4 Å². The molecule has 8 heteroatoms. The predicted molar refractivity (Wildman–Crippen MR) is 110 cm³/mol. The number of aromatic amines is 1. The summed E-state index contributed by atoms with van der Waals surface area (Å²) in [5.41, 5.74) is 3.23. The number of aliphatic carboxylic acids is 1. The Bertz CT molecular complexity index is 1040. The molecule has 0 saturated carbocycles. The molecule has 0 aliphatic rings. The number of fused-ring (bicyclic) bond motifs is 1. The number of hydrogen-bond donors (Lipinski definition) is 5. The third-order valence-corrected chi connectivity index (χ3v) is 4.53. The molecule has 2 aromatic carbocycles.